The number of tetrazole rings is 2. The second-order valence-corrected chi connectivity index (χ2v) is 2.50. The van der Waals surface area contributed by atoms with Crippen LogP contribution in [0.1, 0.15) is 6.42 Å². The normalized spacial score (nSPS) is 9.71. The second kappa shape index (κ2) is 4.97. The van der Waals surface area contributed by atoms with Crippen LogP contribution < -0.4 is 0 Å². The number of hydrogen-bond donors (Lipinski definition) is 0. The fraction of sp³-hybridized carbons (Fsp3) is 0.600. The highest BCUT2D eigenvalue weighted by Gasteiger charge is 1.94. The van der Waals surface area contributed by atoms with E-state index in [4.69, 9.17) is 0 Å². The van der Waals surface area contributed by atoms with Gasteiger partial charge >= 0.3 is 0 Å². The number of nitrogens with zero attached hydrogens (tertiary/aromatic N) is 8. The van der Waals surface area contributed by atoms with E-state index in [2.05, 4.69) is 31.1 Å². The topological polar surface area (TPSA) is 119 Å². The van der Waals surface area contributed by atoms with Crippen LogP contribution in [-0.4, -0.2) is 45.9 Å². The quantitative estimate of drug-likeness (QED) is 0.556. The summed E-state index contributed by atoms with van der Waals surface area (Å²) in [6.07, 6.45) is 4.06. The van der Waals surface area contributed by atoms with Crippen molar-refractivity contribution in [2.24, 2.45) is 0 Å². The van der Waals surface area contributed by atoms with Crippen molar-refractivity contribution in [2.75, 3.05) is 0 Å². The van der Waals surface area contributed by atoms with Gasteiger partial charge in [0.1, 0.15) is 12.7 Å². The summed E-state index contributed by atoms with van der Waals surface area (Å²) < 4.78 is 3.34. The molecule has 2 N–H and O–H groups in total. The highest BCUT2D eigenvalue weighted by molar-refractivity contribution is 4.50. The Balaban J connectivity index is 0.000000980. The van der Waals surface area contributed by atoms with E-state index in [1.54, 1.807) is 22.0 Å². The SMILES string of the molecule is O.c1nnnn1CCCn1cnnn1. The summed E-state index contributed by atoms with van der Waals surface area (Å²) >= 11 is 0. The average Bonchev–Trinajstić information content (AvgIpc) is 2.75. The van der Waals surface area contributed by atoms with Crippen LogP contribution in [0.15, 0.2) is 12.7 Å². The van der Waals surface area contributed by atoms with Gasteiger partial charge in [0.25, 0.3) is 0 Å². The second-order valence-electron chi connectivity index (χ2n) is 2.50. The van der Waals surface area contributed by atoms with E-state index >= 15 is 0 Å². The number of rotatable bonds is 4. The third-order valence-electron chi connectivity index (χ3n) is 1.56. The molecule has 0 aromatic carbocycles. The van der Waals surface area contributed by atoms with Crippen molar-refractivity contribution in [2.45, 2.75) is 19.5 Å². The van der Waals surface area contributed by atoms with Gasteiger partial charge in [0, 0.05) is 13.1 Å². The zero-order valence-corrected chi connectivity index (χ0v) is 7.35. The summed E-state index contributed by atoms with van der Waals surface area (Å²) in [5, 5.41) is 21.6. The summed E-state index contributed by atoms with van der Waals surface area (Å²) in [6, 6.07) is 0. The molecule has 9 nitrogen and oxygen atoms in total. The Labute approximate surface area is 79.0 Å². The summed E-state index contributed by atoms with van der Waals surface area (Å²) in [6.45, 7) is 1.54. The van der Waals surface area contributed by atoms with Gasteiger partial charge in [-0.05, 0) is 27.3 Å². The first-order chi connectivity index (χ1) is 6.45. The first-order valence-corrected chi connectivity index (χ1v) is 3.87. The molecule has 0 spiro atoms. The van der Waals surface area contributed by atoms with Gasteiger partial charge in [0.15, 0.2) is 0 Å². The molecule has 76 valence electrons. The van der Waals surface area contributed by atoms with Crippen LogP contribution >= 0.6 is 0 Å². The van der Waals surface area contributed by atoms with Crippen LogP contribution in [0.4, 0.5) is 0 Å². The molecule has 9 heteroatoms. The van der Waals surface area contributed by atoms with Crippen LogP contribution in [-0.2, 0) is 13.1 Å². The summed E-state index contributed by atoms with van der Waals surface area (Å²) in [5.41, 5.74) is 0. The Morgan fingerprint density at radius 2 is 1.36 bits per heavy atom. The monoisotopic (exact) mass is 198 g/mol. The lowest BCUT2D eigenvalue weighted by atomic mass is 10.4. The molecule has 0 atom stereocenters. The van der Waals surface area contributed by atoms with Gasteiger partial charge in [0.05, 0.1) is 0 Å². The van der Waals surface area contributed by atoms with Gasteiger partial charge in [-0.25, -0.2) is 9.36 Å². The van der Waals surface area contributed by atoms with Gasteiger partial charge in [-0.2, -0.15) is 0 Å². The number of hydrogen-bond acceptors (Lipinski definition) is 6. The number of aromatic nitrogens is 8. The minimum atomic E-state index is 0. The molecule has 0 aliphatic heterocycles. The van der Waals surface area contributed by atoms with E-state index in [9.17, 15) is 0 Å². The Bertz CT molecular complexity index is 294. The van der Waals surface area contributed by atoms with E-state index in [1.807, 2.05) is 0 Å². The lowest BCUT2D eigenvalue weighted by Crippen LogP contribution is -2.05. The third kappa shape index (κ3) is 2.55. The van der Waals surface area contributed by atoms with Gasteiger partial charge in [-0.15, -0.1) is 10.2 Å². The van der Waals surface area contributed by atoms with E-state index in [0.717, 1.165) is 19.5 Å². The molecule has 0 saturated heterocycles. The fourth-order valence-electron chi connectivity index (χ4n) is 0.960. The first kappa shape index (κ1) is 10.2. The van der Waals surface area contributed by atoms with Crippen molar-refractivity contribution in [3.05, 3.63) is 12.7 Å². The van der Waals surface area contributed by atoms with Crippen LogP contribution in [0.5, 0.6) is 0 Å². The Morgan fingerprint density at radius 1 is 0.857 bits per heavy atom. The molecule has 0 amide bonds. The molecule has 0 bridgehead atoms. The highest BCUT2D eigenvalue weighted by atomic mass is 16.0. The van der Waals surface area contributed by atoms with Crippen molar-refractivity contribution in [1.82, 2.24) is 40.4 Å². The molecule has 2 heterocycles. The van der Waals surface area contributed by atoms with Gasteiger partial charge in [0.2, 0.25) is 0 Å². The van der Waals surface area contributed by atoms with Crippen molar-refractivity contribution in [3.8, 4) is 0 Å². The van der Waals surface area contributed by atoms with E-state index in [1.165, 1.54) is 0 Å². The lowest BCUT2D eigenvalue weighted by Gasteiger charge is -1.98. The van der Waals surface area contributed by atoms with Crippen LogP contribution in [0.3, 0.4) is 0 Å². The Kier molecular flexibility index (Phi) is 3.61. The van der Waals surface area contributed by atoms with E-state index in [0.29, 0.717) is 0 Å². The van der Waals surface area contributed by atoms with E-state index < -0.39 is 0 Å². The number of aryl methyl sites for hydroxylation is 2. The third-order valence-corrected chi connectivity index (χ3v) is 1.56. The lowest BCUT2D eigenvalue weighted by molar-refractivity contribution is 0.484. The molecule has 0 aliphatic rings. The maximum atomic E-state index is 3.73. The summed E-state index contributed by atoms with van der Waals surface area (Å²) in [7, 11) is 0. The molecule has 14 heavy (non-hydrogen) atoms. The highest BCUT2D eigenvalue weighted by Crippen LogP contribution is 1.89. The minimum absolute atomic E-state index is 0. The van der Waals surface area contributed by atoms with Gasteiger partial charge in [-0.3, -0.25) is 0 Å². The van der Waals surface area contributed by atoms with Crippen molar-refractivity contribution < 1.29 is 5.48 Å². The molecule has 2 rings (SSSR count). The molecule has 2 aromatic heterocycles. The van der Waals surface area contributed by atoms with Gasteiger partial charge in [-0.1, -0.05) is 0 Å². The first-order valence-electron chi connectivity index (χ1n) is 3.87. The molecule has 2 aromatic rings. The average molecular weight is 198 g/mol. The molecule has 0 saturated carbocycles. The predicted octanol–water partition coefficient (Wildman–Crippen LogP) is -2.07. The van der Waals surface area contributed by atoms with Gasteiger partial charge < -0.3 is 5.48 Å². The molecule has 0 radical (unpaired) electrons. The molecule has 0 fully saturated rings. The Morgan fingerprint density at radius 3 is 1.71 bits per heavy atom. The smallest absolute Gasteiger partial charge is 0.138 e. The largest absolute Gasteiger partial charge is 0.412 e. The maximum absolute atomic E-state index is 3.73. The minimum Gasteiger partial charge on any atom is -0.412 e. The van der Waals surface area contributed by atoms with E-state index in [-0.39, 0.29) is 5.48 Å². The Hall–Kier alpha value is -1.90. The predicted molar refractivity (Wildman–Crippen MR) is 43.9 cm³/mol. The fourth-order valence-corrected chi connectivity index (χ4v) is 0.960. The maximum Gasteiger partial charge on any atom is 0.138 e. The van der Waals surface area contributed by atoms with Crippen LogP contribution in [0.2, 0.25) is 0 Å². The van der Waals surface area contributed by atoms with Crippen LogP contribution in [0, 0.1) is 0 Å². The van der Waals surface area contributed by atoms with Crippen molar-refractivity contribution in [3.63, 3.8) is 0 Å². The zero-order chi connectivity index (χ0) is 8.93. The summed E-state index contributed by atoms with van der Waals surface area (Å²) in [5.74, 6) is 0. The standard InChI is InChI=1S/C5H8N8.H2O/c1(2-12-4-6-8-10-12)3-13-5-7-9-11-13;/h4-5H,1-3H2;1H2. The van der Waals surface area contributed by atoms with Crippen LogP contribution in [0.25, 0.3) is 0 Å². The molecule has 0 aliphatic carbocycles. The summed E-state index contributed by atoms with van der Waals surface area (Å²) in [4.78, 5) is 0. The van der Waals surface area contributed by atoms with Crippen molar-refractivity contribution in [1.29, 1.82) is 0 Å². The molecular weight excluding hydrogens is 188 g/mol. The zero-order valence-electron chi connectivity index (χ0n) is 7.35. The molecular formula is C5H10N8O. The molecule has 0 unspecified atom stereocenters. The van der Waals surface area contributed by atoms with Crippen molar-refractivity contribution >= 4 is 0 Å².